The molecule has 2 amide bonds. The van der Waals surface area contributed by atoms with Gasteiger partial charge >= 0.3 is 6.09 Å². The fourth-order valence-electron chi connectivity index (χ4n) is 1.72. The molecule has 0 aliphatic heterocycles. The van der Waals surface area contributed by atoms with E-state index in [0.717, 1.165) is 6.07 Å². The van der Waals surface area contributed by atoms with Crippen LogP contribution in [0.5, 0.6) is 0 Å². The van der Waals surface area contributed by atoms with Gasteiger partial charge in [0.1, 0.15) is 5.60 Å². The van der Waals surface area contributed by atoms with Crippen LogP contribution >= 0.6 is 0 Å². The topological polar surface area (TPSA) is 67.4 Å². The predicted molar refractivity (Wildman–Crippen MR) is 82.1 cm³/mol. The molecule has 0 saturated carbocycles. The van der Waals surface area contributed by atoms with Crippen LogP contribution in [-0.4, -0.2) is 29.7 Å². The lowest BCUT2D eigenvalue weighted by molar-refractivity contribution is 0.0469. The lowest BCUT2D eigenvalue weighted by Crippen LogP contribution is -2.52. The lowest BCUT2D eigenvalue weighted by atomic mass is 10.1. The summed E-state index contributed by atoms with van der Waals surface area (Å²) in [4.78, 5) is 23.6. The molecule has 0 aromatic heterocycles. The minimum atomic E-state index is -1.71. The van der Waals surface area contributed by atoms with Crippen molar-refractivity contribution in [3.05, 3.63) is 35.1 Å². The van der Waals surface area contributed by atoms with E-state index in [1.165, 1.54) is 0 Å². The van der Waals surface area contributed by atoms with Crippen molar-refractivity contribution in [2.75, 3.05) is 6.54 Å². The molecular weight excluding hydrogens is 325 g/mol. The summed E-state index contributed by atoms with van der Waals surface area (Å²) in [6.45, 7) is 8.24. The normalized spacial score (nSPS) is 11.8. The number of rotatable bonds is 4. The number of ether oxygens (including phenoxy) is 1. The minimum absolute atomic E-state index is 0.0798. The molecule has 0 fully saturated rings. The summed E-state index contributed by atoms with van der Waals surface area (Å²) in [7, 11) is 0. The number of carbonyl (C=O) groups excluding carboxylic acids is 2. The van der Waals surface area contributed by atoms with Crippen molar-refractivity contribution < 1.29 is 27.5 Å². The van der Waals surface area contributed by atoms with Crippen LogP contribution in [-0.2, 0) is 4.74 Å². The molecule has 1 aromatic carbocycles. The molecule has 24 heavy (non-hydrogen) atoms. The number of halogens is 3. The van der Waals surface area contributed by atoms with E-state index in [9.17, 15) is 22.8 Å². The molecule has 0 atom stereocenters. The molecule has 1 rings (SSSR count). The van der Waals surface area contributed by atoms with E-state index < -0.39 is 46.2 Å². The van der Waals surface area contributed by atoms with Crippen LogP contribution < -0.4 is 10.6 Å². The van der Waals surface area contributed by atoms with Crippen molar-refractivity contribution in [1.82, 2.24) is 10.6 Å². The molecule has 8 heteroatoms. The van der Waals surface area contributed by atoms with Gasteiger partial charge < -0.3 is 15.4 Å². The molecule has 0 aliphatic carbocycles. The summed E-state index contributed by atoms with van der Waals surface area (Å²) in [5.41, 5.74) is -2.22. The van der Waals surface area contributed by atoms with Crippen LogP contribution in [0.15, 0.2) is 12.1 Å². The zero-order chi connectivity index (χ0) is 18.7. The zero-order valence-electron chi connectivity index (χ0n) is 14.2. The Morgan fingerprint density at radius 1 is 1.04 bits per heavy atom. The molecule has 0 heterocycles. The first kappa shape index (κ1) is 19.8. The van der Waals surface area contributed by atoms with E-state index in [-0.39, 0.29) is 6.54 Å². The smallest absolute Gasteiger partial charge is 0.408 e. The molecule has 0 spiro atoms. The third-order valence-corrected chi connectivity index (χ3v) is 2.81. The fourth-order valence-corrected chi connectivity index (χ4v) is 1.72. The summed E-state index contributed by atoms with van der Waals surface area (Å²) >= 11 is 0. The molecule has 2 N–H and O–H groups in total. The average Bonchev–Trinajstić information content (AvgIpc) is 2.39. The molecule has 0 radical (unpaired) electrons. The van der Waals surface area contributed by atoms with Crippen molar-refractivity contribution in [3.63, 3.8) is 0 Å². The highest BCUT2D eigenvalue weighted by Gasteiger charge is 2.26. The molecule has 0 saturated heterocycles. The second kappa shape index (κ2) is 7.11. The van der Waals surface area contributed by atoms with Gasteiger partial charge in [0.2, 0.25) is 0 Å². The Kier molecular flexibility index (Phi) is 5.86. The lowest BCUT2D eigenvalue weighted by Gasteiger charge is -2.28. The molecule has 5 nitrogen and oxygen atoms in total. The Morgan fingerprint density at radius 2 is 1.62 bits per heavy atom. The van der Waals surface area contributed by atoms with Gasteiger partial charge in [0.25, 0.3) is 5.91 Å². The number of nitrogens with one attached hydrogen (secondary N) is 2. The monoisotopic (exact) mass is 346 g/mol. The quantitative estimate of drug-likeness (QED) is 0.823. The second-order valence-electron chi connectivity index (χ2n) is 6.92. The van der Waals surface area contributed by atoms with Crippen LogP contribution in [0, 0.1) is 17.5 Å². The number of hydrogen-bond acceptors (Lipinski definition) is 3. The van der Waals surface area contributed by atoms with Gasteiger partial charge in [-0.15, -0.1) is 0 Å². The predicted octanol–water partition coefficient (Wildman–Crippen LogP) is 3.14. The minimum Gasteiger partial charge on any atom is -0.444 e. The van der Waals surface area contributed by atoms with Crippen molar-refractivity contribution in [2.45, 2.75) is 45.8 Å². The average molecular weight is 346 g/mol. The van der Waals surface area contributed by atoms with Crippen LogP contribution in [0.2, 0.25) is 0 Å². The van der Waals surface area contributed by atoms with Gasteiger partial charge in [0.15, 0.2) is 17.5 Å². The van der Waals surface area contributed by atoms with Crippen LogP contribution in [0.3, 0.4) is 0 Å². The number of alkyl carbamates (subject to hydrolysis) is 1. The molecular formula is C16H21F3N2O3. The summed E-state index contributed by atoms with van der Waals surface area (Å²) in [6, 6.07) is 1.51. The van der Waals surface area contributed by atoms with Crippen LogP contribution in [0.4, 0.5) is 18.0 Å². The van der Waals surface area contributed by atoms with Gasteiger partial charge in [0, 0.05) is 6.54 Å². The van der Waals surface area contributed by atoms with Gasteiger partial charge in [-0.3, -0.25) is 4.79 Å². The highest BCUT2D eigenvalue weighted by Crippen LogP contribution is 2.15. The summed E-state index contributed by atoms with van der Waals surface area (Å²) in [6.07, 6.45) is -0.680. The van der Waals surface area contributed by atoms with Gasteiger partial charge in [-0.25, -0.2) is 18.0 Å². The van der Waals surface area contributed by atoms with Gasteiger partial charge in [-0.2, -0.15) is 0 Å². The van der Waals surface area contributed by atoms with E-state index in [1.54, 1.807) is 34.6 Å². The Hall–Kier alpha value is -2.25. The first-order valence-corrected chi connectivity index (χ1v) is 7.25. The van der Waals surface area contributed by atoms with Crippen LogP contribution in [0.25, 0.3) is 0 Å². The van der Waals surface area contributed by atoms with E-state index in [1.807, 2.05) is 0 Å². The van der Waals surface area contributed by atoms with Gasteiger partial charge in [0.05, 0.1) is 11.1 Å². The standard InChI is InChI=1S/C16H21F3N2O3/c1-15(2,3)24-14(23)21-16(4,5)8-20-13(22)9-6-7-10(17)12(19)11(9)18/h6-7H,8H2,1-5H3,(H,20,22)(H,21,23). The number of hydrogen-bond donors (Lipinski definition) is 2. The highest BCUT2D eigenvalue weighted by molar-refractivity contribution is 5.94. The number of amides is 2. The molecule has 134 valence electrons. The van der Waals surface area contributed by atoms with Gasteiger partial charge in [-0.05, 0) is 46.8 Å². The van der Waals surface area contributed by atoms with E-state index in [0.29, 0.717) is 6.07 Å². The summed E-state index contributed by atoms with van der Waals surface area (Å²) < 4.78 is 44.7. The Bertz CT molecular complexity index is 640. The van der Waals surface area contributed by atoms with Crippen molar-refractivity contribution in [1.29, 1.82) is 0 Å². The fraction of sp³-hybridized carbons (Fsp3) is 0.500. The maximum atomic E-state index is 13.6. The molecule has 0 unspecified atom stereocenters. The van der Waals surface area contributed by atoms with Crippen molar-refractivity contribution in [3.8, 4) is 0 Å². The zero-order valence-corrected chi connectivity index (χ0v) is 14.2. The maximum Gasteiger partial charge on any atom is 0.408 e. The summed E-state index contributed by atoms with van der Waals surface area (Å²) in [5.74, 6) is -5.58. The van der Waals surface area contributed by atoms with Crippen molar-refractivity contribution >= 4 is 12.0 Å². The molecule has 1 aromatic rings. The summed E-state index contributed by atoms with van der Waals surface area (Å²) in [5, 5.41) is 4.91. The highest BCUT2D eigenvalue weighted by atomic mass is 19.2. The molecule has 0 bridgehead atoms. The third-order valence-electron chi connectivity index (χ3n) is 2.81. The Morgan fingerprint density at radius 3 is 2.17 bits per heavy atom. The Balaban J connectivity index is 2.69. The second-order valence-corrected chi connectivity index (χ2v) is 6.92. The Labute approximate surface area is 138 Å². The van der Waals surface area contributed by atoms with E-state index >= 15 is 0 Å². The number of benzene rings is 1. The maximum absolute atomic E-state index is 13.6. The van der Waals surface area contributed by atoms with Gasteiger partial charge in [-0.1, -0.05) is 0 Å². The van der Waals surface area contributed by atoms with E-state index in [4.69, 9.17) is 4.74 Å². The van der Waals surface area contributed by atoms with Crippen LogP contribution in [0.1, 0.15) is 45.0 Å². The number of carbonyl (C=O) groups is 2. The first-order chi connectivity index (χ1) is 10.8. The van der Waals surface area contributed by atoms with Crippen molar-refractivity contribution in [2.24, 2.45) is 0 Å². The first-order valence-electron chi connectivity index (χ1n) is 7.25. The van der Waals surface area contributed by atoms with E-state index in [2.05, 4.69) is 10.6 Å². The third kappa shape index (κ3) is 5.75. The largest absolute Gasteiger partial charge is 0.444 e. The SMILES string of the molecule is CC(C)(CNC(=O)c1ccc(F)c(F)c1F)NC(=O)OC(C)(C)C. The molecule has 0 aliphatic rings.